The first-order valence-corrected chi connectivity index (χ1v) is 17.4. The Bertz CT molecular complexity index is 2860. The average Bonchev–Trinajstić information content (AvgIpc) is 3.62. The zero-order chi connectivity index (χ0) is 32.3. The van der Waals surface area contributed by atoms with Crippen LogP contribution in [0, 0.1) is 0 Å². The normalized spacial score (nSPS) is 12.5. The summed E-state index contributed by atoms with van der Waals surface area (Å²) in [6.07, 6.45) is 0. The lowest BCUT2D eigenvalue weighted by Crippen LogP contribution is -1.93. The van der Waals surface area contributed by atoms with Gasteiger partial charge in [0, 0.05) is 0 Å². The fraction of sp³-hybridized carbons (Fsp3) is 0.125. The first kappa shape index (κ1) is 27.6. The fourth-order valence-electron chi connectivity index (χ4n) is 8.82. The average molecular weight is 613 g/mol. The fourth-order valence-corrected chi connectivity index (χ4v) is 8.82. The zero-order valence-corrected chi connectivity index (χ0v) is 27.9. The van der Waals surface area contributed by atoms with Gasteiger partial charge in [0.1, 0.15) is 0 Å². The van der Waals surface area contributed by atoms with E-state index in [-0.39, 0.29) is 0 Å². The van der Waals surface area contributed by atoms with E-state index in [0.717, 1.165) is 0 Å². The molecule has 0 N–H and O–H groups in total. The standard InChI is InChI=1S/C48H36/c1-27(2)29-21-23-31(24-22-29)43-41-26-40-35-16-6-5-15-34(35)36-17-10-20-39(45(36)40)46(41)44(33-14-7-13-32(25-33)28(3)4)48-38-19-9-12-30-11-8-18-37(42(30)38)47(43)48/h5-28H,1-4H3. The molecule has 0 saturated heterocycles. The number of hydrogen-bond donors (Lipinski definition) is 0. The second-order valence-corrected chi connectivity index (χ2v) is 14.4. The van der Waals surface area contributed by atoms with Crippen LogP contribution < -0.4 is 0 Å². The van der Waals surface area contributed by atoms with Crippen molar-refractivity contribution in [1.29, 1.82) is 0 Å². The van der Waals surface area contributed by atoms with Crippen molar-refractivity contribution in [2.45, 2.75) is 39.5 Å². The Hall–Kier alpha value is -5.46. The minimum Gasteiger partial charge on any atom is -0.0616 e. The molecule has 0 fully saturated rings. The van der Waals surface area contributed by atoms with Gasteiger partial charge in [-0.05, 0) is 127 Å². The molecule has 10 rings (SSSR count). The topological polar surface area (TPSA) is 0 Å². The van der Waals surface area contributed by atoms with Crippen molar-refractivity contribution < 1.29 is 0 Å². The predicted octanol–water partition coefficient (Wildman–Crippen LogP) is 14.2. The van der Waals surface area contributed by atoms with Crippen molar-refractivity contribution in [3.8, 4) is 22.3 Å². The monoisotopic (exact) mass is 612 g/mol. The van der Waals surface area contributed by atoms with Crippen LogP contribution in [-0.4, -0.2) is 0 Å². The Morgan fingerprint density at radius 1 is 0.312 bits per heavy atom. The molecule has 0 unspecified atom stereocenters. The minimum absolute atomic E-state index is 0.440. The molecule has 0 aliphatic rings. The molecule has 10 aromatic carbocycles. The zero-order valence-electron chi connectivity index (χ0n) is 27.9. The molecule has 0 atom stereocenters. The van der Waals surface area contributed by atoms with E-state index >= 15 is 0 Å². The summed E-state index contributed by atoms with van der Waals surface area (Å²) in [5.41, 5.74) is 8.01. The van der Waals surface area contributed by atoms with Gasteiger partial charge in [-0.15, -0.1) is 0 Å². The first-order chi connectivity index (χ1) is 23.5. The molecule has 0 bridgehead atoms. The summed E-state index contributed by atoms with van der Waals surface area (Å²) < 4.78 is 0. The lowest BCUT2D eigenvalue weighted by molar-refractivity contribution is 0.867. The van der Waals surface area contributed by atoms with E-state index in [9.17, 15) is 0 Å². The first-order valence-electron chi connectivity index (χ1n) is 17.4. The molecule has 48 heavy (non-hydrogen) atoms. The van der Waals surface area contributed by atoms with Crippen molar-refractivity contribution >= 4 is 75.4 Å². The van der Waals surface area contributed by atoms with Gasteiger partial charge in [-0.3, -0.25) is 0 Å². The molecule has 0 amide bonds. The van der Waals surface area contributed by atoms with Crippen molar-refractivity contribution in [3.63, 3.8) is 0 Å². The van der Waals surface area contributed by atoms with Gasteiger partial charge in [-0.25, -0.2) is 0 Å². The third-order valence-electron chi connectivity index (χ3n) is 11.1. The van der Waals surface area contributed by atoms with Crippen LogP contribution in [0.15, 0.2) is 133 Å². The number of rotatable bonds is 4. The molecule has 0 aromatic heterocycles. The van der Waals surface area contributed by atoms with Crippen LogP contribution in [0.25, 0.3) is 97.7 Å². The molecule has 0 saturated carbocycles. The Kier molecular flexibility index (Phi) is 5.77. The molecule has 0 nitrogen and oxygen atoms in total. The minimum atomic E-state index is 0.440. The van der Waals surface area contributed by atoms with E-state index < -0.39 is 0 Å². The van der Waals surface area contributed by atoms with Crippen molar-refractivity contribution in [2.75, 3.05) is 0 Å². The second kappa shape index (κ2) is 10.0. The van der Waals surface area contributed by atoms with Crippen molar-refractivity contribution in [3.05, 3.63) is 145 Å². The summed E-state index contributed by atoms with van der Waals surface area (Å²) in [4.78, 5) is 0. The third-order valence-corrected chi connectivity index (χ3v) is 11.1. The van der Waals surface area contributed by atoms with Crippen molar-refractivity contribution in [1.82, 2.24) is 0 Å². The molecule has 0 aliphatic carbocycles. The number of benzene rings is 8. The summed E-state index contributed by atoms with van der Waals surface area (Å²) in [7, 11) is 0. The Labute approximate surface area is 280 Å². The maximum absolute atomic E-state index is 2.54. The molecular weight excluding hydrogens is 577 g/mol. The molecule has 0 heterocycles. The molecular formula is C48H36. The summed E-state index contributed by atoms with van der Waals surface area (Å²) in [6, 6.07) is 51.0. The Balaban J connectivity index is 1.55. The number of hydrogen-bond acceptors (Lipinski definition) is 0. The second-order valence-electron chi connectivity index (χ2n) is 14.4. The van der Waals surface area contributed by atoms with Crippen LogP contribution in [-0.2, 0) is 0 Å². The van der Waals surface area contributed by atoms with E-state index in [2.05, 4.69) is 161 Å². The third kappa shape index (κ3) is 3.66. The van der Waals surface area contributed by atoms with Gasteiger partial charge in [0.15, 0.2) is 0 Å². The predicted molar refractivity (Wildman–Crippen MR) is 210 cm³/mol. The van der Waals surface area contributed by atoms with Gasteiger partial charge in [0.25, 0.3) is 0 Å². The van der Waals surface area contributed by atoms with Gasteiger partial charge in [0.2, 0.25) is 0 Å². The van der Waals surface area contributed by atoms with E-state index in [4.69, 9.17) is 0 Å². The van der Waals surface area contributed by atoms with E-state index in [0.29, 0.717) is 11.8 Å². The van der Waals surface area contributed by atoms with Gasteiger partial charge in [0.05, 0.1) is 0 Å². The van der Waals surface area contributed by atoms with Crippen molar-refractivity contribution in [2.24, 2.45) is 0 Å². The van der Waals surface area contributed by atoms with Crippen LogP contribution in [0.1, 0.15) is 50.7 Å². The van der Waals surface area contributed by atoms with Gasteiger partial charge in [-0.1, -0.05) is 155 Å². The Morgan fingerprint density at radius 2 is 0.875 bits per heavy atom. The van der Waals surface area contributed by atoms with Gasteiger partial charge < -0.3 is 0 Å². The van der Waals surface area contributed by atoms with E-state index in [1.165, 1.54) is 109 Å². The maximum atomic E-state index is 2.54. The van der Waals surface area contributed by atoms with Crippen LogP contribution >= 0.6 is 0 Å². The Morgan fingerprint density at radius 3 is 1.56 bits per heavy atom. The van der Waals surface area contributed by atoms with Crippen LogP contribution in [0.5, 0.6) is 0 Å². The lowest BCUT2D eigenvalue weighted by atomic mass is 9.83. The molecule has 0 spiro atoms. The SMILES string of the molecule is CC(C)c1ccc(-c2c3cc4c5ccccc5c5cccc(c3c(-c3cccc(C(C)C)c3)c3c6cccc7cccc(c23)c76)c54)cc1. The highest BCUT2D eigenvalue weighted by Gasteiger charge is 2.26. The van der Waals surface area contributed by atoms with Crippen LogP contribution in [0.2, 0.25) is 0 Å². The molecule has 0 aliphatic heterocycles. The smallest absolute Gasteiger partial charge is 0.000719 e. The molecule has 0 radical (unpaired) electrons. The summed E-state index contributed by atoms with van der Waals surface area (Å²) >= 11 is 0. The van der Waals surface area contributed by atoms with E-state index in [1.807, 2.05) is 0 Å². The molecule has 10 aromatic rings. The summed E-state index contributed by atoms with van der Waals surface area (Å²) in [5.74, 6) is 0.921. The number of fused-ring (bicyclic) bond motifs is 8. The lowest BCUT2D eigenvalue weighted by Gasteiger charge is -2.20. The molecule has 0 heteroatoms. The highest BCUT2D eigenvalue weighted by Crippen LogP contribution is 2.54. The quantitative estimate of drug-likeness (QED) is 0.173. The van der Waals surface area contributed by atoms with Gasteiger partial charge >= 0.3 is 0 Å². The highest BCUT2D eigenvalue weighted by atomic mass is 14.3. The summed E-state index contributed by atoms with van der Waals surface area (Å²) in [6.45, 7) is 9.16. The largest absolute Gasteiger partial charge is 0.0616 e. The summed E-state index contributed by atoms with van der Waals surface area (Å²) in [5, 5.41) is 18.9. The highest BCUT2D eigenvalue weighted by molar-refractivity contribution is 6.44. The van der Waals surface area contributed by atoms with Gasteiger partial charge in [-0.2, -0.15) is 0 Å². The van der Waals surface area contributed by atoms with Crippen LogP contribution in [0.4, 0.5) is 0 Å². The van der Waals surface area contributed by atoms with E-state index in [1.54, 1.807) is 0 Å². The maximum Gasteiger partial charge on any atom is -0.000719 e. The van der Waals surface area contributed by atoms with Crippen LogP contribution in [0.3, 0.4) is 0 Å². The molecule has 228 valence electrons.